The molecule has 0 heterocycles. The number of carbonyl (C=O) groups is 2. The molecule has 2 N–H and O–H groups in total. The topological polar surface area (TPSA) is 109 Å². The van der Waals surface area contributed by atoms with Gasteiger partial charge in [0.15, 0.2) is 11.5 Å². The Morgan fingerprint density at radius 2 is 1.83 bits per heavy atom. The first-order valence-electron chi connectivity index (χ1n) is 10.7. The van der Waals surface area contributed by atoms with Crippen molar-refractivity contribution < 1.29 is 24.2 Å². The first-order chi connectivity index (χ1) is 16.8. The van der Waals surface area contributed by atoms with Crippen molar-refractivity contribution in [2.75, 3.05) is 11.9 Å². The van der Waals surface area contributed by atoms with Crippen LogP contribution in [0.25, 0.3) is 6.08 Å². The van der Waals surface area contributed by atoms with Crippen molar-refractivity contribution in [3.63, 3.8) is 0 Å². The van der Waals surface area contributed by atoms with Crippen molar-refractivity contribution >= 4 is 39.6 Å². The summed E-state index contributed by atoms with van der Waals surface area (Å²) in [5.41, 5.74) is 3.02. The molecule has 0 saturated heterocycles. The molecule has 3 aromatic carbocycles. The summed E-state index contributed by atoms with van der Waals surface area (Å²) in [6.07, 6.45) is 1.48. The van der Waals surface area contributed by atoms with Gasteiger partial charge in [0.05, 0.1) is 16.6 Å². The number of halogens is 1. The number of nitrogens with one attached hydrogen (secondary N) is 1. The minimum Gasteiger partial charge on any atom is -0.490 e. The van der Waals surface area contributed by atoms with Gasteiger partial charge >= 0.3 is 5.97 Å². The van der Waals surface area contributed by atoms with Gasteiger partial charge in [0.2, 0.25) is 0 Å². The van der Waals surface area contributed by atoms with Gasteiger partial charge in [-0.15, -0.1) is 0 Å². The minimum atomic E-state index is -0.994. The van der Waals surface area contributed by atoms with Gasteiger partial charge < -0.3 is 19.9 Å². The first-order valence-corrected chi connectivity index (χ1v) is 11.5. The molecule has 3 rings (SSSR count). The normalized spacial score (nSPS) is 10.9. The third-order valence-electron chi connectivity index (χ3n) is 4.99. The standard InChI is InChI=1S/C27H23BrN2O5/c1-3-34-24-14-19(12-21(15-29)26(31)30-23-7-5-4-6-17(23)2)13-22(28)25(24)35-16-18-8-10-20(11-9-18)27(32)33/h4-14H,3,16H2,1-2H3,(H,30,31)(H,32,33)/b21-12+. The van der Waals surface area contributed by atoms with Crippen LogP contribution in [-0.4, -0.2) is 23.6 Å². The zero-order valence-corrected chi connectivity index (χ0v) is 20.8. The van der Waals surface area contributed by atoms with Gasteiger partial charge in [0.1, 0.15) is 18.2 Å². The Morgan fingerprint density at radius 1 is 1.11 bits per heavy atom. The van der Waals surface area contributed by atoms with E-state index in [4.69, 9.17) is 14.6 Å². The van der Waals surface area contributed by atoms with Gasteiger partial charge in [0.25, 0.3) is 5.91 Å². The average Bonchev–Trinajstić information content (AvgIpc) is 2.83. The van der Waals surface area contributed by atoms with E-state index in [1.807, 2.05) is 38.1 Å². The number of carboxylic acid groups (broad SMARTS) is 1. The predicted octanol–water partition coefficient (Wildman–Crippen LogP) is 5.98. The van der Waals surface area contributed by atoms with Crippen LogP contribution in [0.1, 0.15) is 34.0 Å². The highest BCUT2D eigenvalue weighted by Gasteiger charge is 2.15. The van der Waals surface area contributed by atoms with Gasteiger partial charge in [-0.3, -0.25) is 4.79 Å². The van der Waals surface area contributed by atoms with Crippen molar-refractivity contribution in [3.8, 4) is 17.6 Å². The van der Waals surface area contributed by atoms with E-state index in [0.717, 1.165) is 11.1 Å². The minimum absolute atomic E-state index is 0.0604. The van der Waals surface area contributed by atoms with E-state index >= 15 is 0 Å². The van der Waals surface area contributed by atoms with E-state index in [1.54, 1.807) is 30.3 Å². The van der Waals surface area contributed by atoms with E-state index in [9.17, 15) is 14.9 Å². The van der Waals surface area contributed by atoms with Crippen molar-refractivity contribution in [3.05, 3.63) is 93.0 Å². The number of benzene rings is 3. The zero-order valence-electron chi connectivity index (χ0n) is 19.2. The van der Waals surface area contributed by atoms with E-state index in [1.165, 1.54) is 18.2 Å². The second kappa shape index (κ2) is 11.9. The highest BCUT2D eigenvalue weighted by atomic mass is 79.9. The molecule has 0 bridgehead atoms. The Kier molecular flexibility index (Phi) is 8.65. The molecule has 1 amide bonds. The van der Waals surface area contributed by atoms with Crippen LogP contribution in [0.4, 0.5) is 5.69 Å². The first kappa shape index (κ1) is 25.5. The fourth-order valence-corrected chi connectivity index (χ4v) is 3.77. The zero-order chi connectivity index (χ0) is 25.4. The Labute approximate surface area is 211 Å². The second-order valence-corrected chi connectivity index (χ2v) is 8.35. The number of carboxylic acids is 1. The Hall–Kier alpha value is -4.09. The summed E-state index contributed by atoms with van der Waals surface area (Å²) in [4.78, 5) is 23.7. The molecule has 0 aliphatic heterocycles. The number of aromatic carboxylic acids is 1. The summed E-state index contributed by atoms with van der Waals surface area (Å²) in [6, 6.07) is 19.1. The molecule has 0 radical (unpaired) electrons. The molecule has 0 fully saturated rings. The van der Waals surface area contributed by atoms with Crippen LogP contribution in [0.3, 0.4) is 0 Å². The summed E-state index contributed by atoms with van der Waals surface area (Å²) in [5, 5.41) is 21.4. The fraction of sp³-hybridized carbons (Fsp3) is 0.148. The van der Waals surface area contributed by atoms with Gasteiger partial charge in [0, 0.05) is 5.69 Å². The predicted molar refractivity (Wildman–Crippen MR) is 136 cm³/mol. The molecule has 0 atom stereocenters. The molecular weight excluding hydrogens is 512 g/mol. The van der Waals surface area contributed by atoms with Gasteiger partial charge in [-0.05, 0) is 82.9 Å². The number of rotatable bonds is 9. The second-order valence-electron chi connectivity index (χ2n) is 7.49. The number of carbonyl (C=O) groups excluding carboxylic acids is 1. The van der Waals surface area contributed by atoms with Crippen LogP contribution in [0.2, 0.25) is 0 Å². The van der Waals surface area contributed by atoms with Crippen LogP contribution in [-0.2, 0) is 11.4 Å². The van der Waals surface area contributed by atoms with Crippen LogP contribution < -0.4 is 14.8 Å². The number of nitrogens with zero attached hydrogens (tertiary/aromatic N) is 1. The van der Waals surface area contributed by atoms with Crippen molar-refractivity contribution in [1.29, 1.82) is 5.26 Å². The lowest BCUT2D eigenvalue weighted by molar-refractivity contribution is -0.112. The molecule has 35 heavy (non-hydrogen) atoms. The lowest BCUT2D eigenvalue weighted by atomic mass is 10.1. The number of anilines is 1. The van der Waals surface area contributed by atoms with E-state index < -0.39 is 11.9 Å². The molecule has 0 aliphatic carbocycles. The van der Waals surface area contributed by atoms with Gasteiger partial charge in [-0.25, -0.2) is 4.79 Å². The largest absolute Gasteiger partial charge is 0.490 e. The van der Waals surface area contributed by atoms with E-state index in [0.29, 0.717) is 33.8 Å². The lowest BCUT2D eigenvalue weighted by Crippen LogP contribution is -2.14. The van der Waals surface area contributed by atoms with Crippen LogP contribution in [0.15, 0.2) is 70.7 Å². The molecule has 0 saturated carbocycles. The maximum Gasteiger partial charge on any atom is 0.335 e. The van der Waals surface area contributed by atoms with Gasteiger partial charge in [-0.2, -0.15) is 5.26 Å². The molecule has 0 unspecified atom stereocenters. The molecule has 0 aromatic heterocycles. The molecule has 0 spiro atoms. The number of hydrogen-bond acceptors (Lipinski definition) is 5. The Balaban J connectivity index is 1.83. The van der Waals surface area contributed by atoms with Crippen molar-refractivity contribution in [2.45, 2.75) is 20.5 Å². The summed E-state index contributed by atoms with van der Waals surface area (Å²) >= 11 is 3.49. The summed E-state index contributed by atoms with van der Waals surface area (Å²) in [6.45, 7) is 4.27. The highest BCUT2D eigenvalue weighted by molar-refractivity contribution is 9.10. The Bertz CT molecular complexity index is 1310. The monoisotopic (exact) mass is 534 g/mol. The quantitative estimate of drug-likeness (QED) is 0.258. The van der Waals surface area contributed by atoms with E-state index in [-0.39, 0.29) is 17.7 Å². The smallest absolute Gasteiger partial charge is 0.335 e. The molecule has 8 heteroatoms. The fourth-order valence-electron chi connectivity index (χ4n) is 3.19. The van der Waals surface area contributed by atoms with Gasteiger partial charge in [-0.1, -0.05) is 30.3 Å². The van der Waals surface area contributed by atoms with Crippen LogP contribution >= 0.6 is 15.9 Å². The molecule has 7 nitrogen and oxygen atoms in total. The Morgan fingerprint density at radius 3 is 2.46 bits per heavy atom. The maximum atomic E-state index is 12.7. The molecular formula is C27H23BrN2O5. The number of ether oxygens (including phenoxy) is 2. The third-order valence-corrected chi connectivity index (χ3v) is 5.57. The maximum absolute atomic E-state index is 12.7. The van der Waals surface area contributed by atoms with Crippen LogP contribution in [0, 0.1) is 18.3 Å². The number of aryl methyl sites for hydroxylation is 1. The van der Waals surface area contributed by atoms with Crippen molar-refractivity contribution in [1.82, 2.24) is 0 Å². The number of nitriles is 1. The SMILES string of the molecule is CCOc1cc(/C=C(\C#N)C(=O)Nc2ccccc2C)cc(Br)c1OCc1ccc(C(=O)O)cc1. The number of para-hydroxylation sites is 1. The number of amides is 1. The van der Waals surface area contributed by atoms with Crippen molar-refractivity contribution in [2.24, 2.45) is 0 Å². The van der Waals surface area contributed by atoms with Crippen LogP contribution in [0.5, 0.6) is 11.5 Å². The average molecular weight is 535 g/mol. The third kappa shape index (κ3) is 6.71. The molecule has 178 valence electrons. The molecule has 3 aromatic rings. The highest BCUT2D eigenvalue weighted by Crippen LogP contribution is 2.38. The summed E-state index contributed by atoms with van der Waals surface area (Å²) < 4.78 is 12.3. The summed E-state index contributed by atoms with van der Waals surface area (Å²) in [5.74, 6) is -0.617. The summed E-state index contributed by atoms with van der Waals surface area (Å²) in [7, 11) is 0. The number of hydrogen-bond donors (Lipinski definition) is 2. The van der Waals surface area contributed by atoms with E-state index in [2.05, 4.69) is 21.2 Å². The molecule has 0 aliphatic rings. The lowest BCUT2D eigenvalue weighted by Gasteiger charge is -2.15.